The van der Waals surface area contributed by atoms with Gasteiger partial charge >= 0.3 is 8.45 Å². The topological polar surface area (TPSA) is 49.9 Å². The van der Waals surface area contributed by atoms with E-state index in [0.717, 1.165) is 22.6 Å². The van der Waals surface area contributed by atoms with Crippen molar-refractivity contribution in [1.29, 1.82) is 0 Å². The van der Waals surface area contributed by atoms with Gasteiger partial charge in [-0.1, -0.05) is 64.1 Å². The molecule has 0 saturated carbocycles. The molecule has 2 amide bonds. The number of nitrogens with zero attached hydrogens (tertiary/aromatic N) is 2. The number of fused-ring (bicyclic) bond motifs is 1. The van der Waals surface area contributed by atoms with Crippen LogP contribution in [-0.4, -0.2) is 22.5 Å². The first-order valence-electron chi connectivity index (χ1n) is 10.2. The Balaban J connectivity index is 1.82. The summed E-state index contributed by atoms with van der Waals surface area (Å²) in [6.45, 7) is 8.55. The van der Waals surface area contributed by atoms with Crippen LogP contribution in [0.5, 0.6) is 5.75 Å². The van der Waals surface area contributed by atoms with Crippen LogP contribution in [0.3, 0.4) is 0 Å². The average molecular weight is 410 g/mol. The summed E-state index contributed by atoms with van der Waals surface area (Å²) in [5.74, 6) is 1.32. The Bertz CT molecular complexity index is 903. The lowest BCUT2D eigenvalue weighted by Crippen LogP contribution is -2.29. The number of amides is 2. The third-order valence-corrected chi connectivity index (χ3v) is 7.51. The molecule has 2 saturated heterocycles. The number of anilines is 1. The maximum absolute atomic E-state index is 13.2. The van der Waals surface area contributed by atoms with E-state index >= 15 is 0 Å². The Kier molecular flexibility index (Phi) is 5.35. The van der Waals surface area contributed by atoms with Gasteiger partial charge in [-0.15, -0.1) is 0 Å². The first kappa shape index (κ1) is 19.9. The summed E-state index contributed by atoms with van der Waals surface area (Å²) in [5, 5.41) is 0. The number of rotatable bonds is 5. The monoisotopic (exact) mass is 410 g/mol. The molecule has 0 aromatic heterocycles. The van der Waals surface area contributed by atoms with Crippen molar-refractivity contribution in [2.75, 3.05) is 4.67 Å². The second-order valence-corrected chi connectivity index (χ2v) is 9.72. The molecule has 1 unspecified atom stereocenters. The summed E-state index contributed by atoms with van der Waals surface area (Å²) >= 11 is 0. The van der Waals surface area contributed by atoms with Crippen LogP contribution in [0.4, 0.5) is 5.69 Å². The first-order valence-corrected chi connectivity index (χ1v) is 11.4. The van der Waals surface area contributed by atoms with Crippen LogP contribution in [-0.2, 0) is 9.59 Å². The van der Waals surface area contributed by atoms with E-state index in [1.807, 2.05) is 30.3 Å². The highest BCUT2D eigenvalue weighted by molar-refractivity contribution is 7.55. The van der Waals surface area contributed by atoms with Gasteiger partial charge in [0.25, 0.3) is 5.91 Å². The van der Waals surface area contributed by atoms with Crippen LogP contribution >= 0.6 is 8.45 Å². The largest absolute Gasteiger partial charge is 0.435 e. The summed E-state index contributed by atoms with van der Waals surface area (Å²) in [7, 11) is -1.59. The van der Waals surface area contributed by atoms with Gasteiger partial charge < -0.3 is 4.52 Å². The SMILES string of the molecule is CC(C)c1cccc(C(C)C)c1OP1N(c2ccccc2)C(=O)[C@@H]2CCC(=O)N21. The Morgan fingerprint density at radius 1 is 0.931 bits per heavy atom. The van der Waals surface area contributed by atoms with Crippen LogP contribution in [0.1, 0.15) is 63.5 Å². The molecule has 2 aromatic rings. The van der Waals surface area contributed by atoms with E-state index in [1.54, 1.807) is 9.34 Å². The number of carbonyl (C=O) groups excluding carboxylic acids is 2. The molecule has 2 heterocycles. The molecule has 0 spiro atoms. The predicted molar refractivity (Wildman–Crippen MR) is 116 cm³/mol. The van der Waals surface area contributed by atoms with Gasteiger partial charge in [-0.3, -0.25) is 14.3 Å². The lowest BCUT2D eigenvalue weighted by atomic mass is 9.94. The molecule has 2 atom stereocenters. The fourth-order valence-electron chi connectivity index (χ4n) is 3.99. The minimum absolute atomic E-state index is 0.000942. The maximum atomic E-state index is 13.2. The van der Waals surface area contributed by atoms with Crippen molar-refractivity contribution in [3.63, 3.8) is 0 Å². The molecular formula is C23H27N2O3P. The molecular weight excluding hydrogens is 383 g/mol. The molecule has 0 N–H and O–H groups in total. The van der Waals surface area contributed by atoms with Crippen molar-refractivity contribution in [2.45, 2.75) is 58.4 Å². The van der Waals surface area contributed by atoms with Gasteiger partial charge in [-0.05, 0) is 41.5 Å². The molecule has 0 aliphatic carbocycles. The minimum atomic E-state index is -1.59. The van der Waals surface area contributed by atoms with Gasteiger partial charge in [-0.2, -0.15) is 0 Å². The third kappa shape index (κ3) is 3.42. The molecule has 152 valence electrons. The van der Waals surface area contributed by atoms with E-state index in [-0.39, 0.29) is 23.7 Å². The van der Waals surface area contributed by atoms with E-state index in [1.165, 1.54) is 0 Å². The summed E-state index contributed by atoms with van der Waals surface area (Å²) in [6.07, 6.45) is 0.968. The minimum Gasteiger partial charge on any atom is -0.435 e. The highest BCUT2D eigenvalue weighted by atomic mass is 31.2. The third-order valence-electron chi connectivity index (χ3n) is 5.53. The number of hydrogen-bond donors (Lipinski definition) is 0. The molecule has 2 aliphatic rings. The highest BCUT2D eigenvalue weighted by Gasteiger charge is 2.55. The van der Waals surface area contributed by atoms with Gasteiger partial charge in [0.15, 0.2) is 0 Å². The van der Waals surface area contributed by atoms with Crippen molar-refractivity contribution < 1.29 is 14.1 Å². The molecule has 2 aliphatic heterocycles. The molecule has 5 nitrogen and oxygen atoms in total. The van der Waals surface area contributed by atoms with Gasteiger partial charge in [-0.25, -0.2) is 4.67 Å². The van der Waals surface area contributed by atoms with Gasteiger partial charge in [0.2, 0.25) is 5.91 Å². The van der Waals surface area contributed by atoms with E-state index in [2.05, 4.69) is 45.9 Å². The Morgan fingerprint density at radius 3 is 2.14 bits per heavy atom. The number of para-hydroxylation sites is 2. The van der Waals surface area contributed by atoms with Crippen LogP contribution < -0.4 is 9.19 Å². The number of benzene rings is 2. The van der Waals surface area contributed by atoms with E-state index < -0.39 is 14.5 Å². The van der Waals surface area contributed by atoms with E-state index in [9.17, 15) is 9.59 Å². The second-order valence-electron chi connectivity index (χ2n) is 8.20. The standard InChI is InChI=1S/C23H27N2O3P/c1-15(2)18-11-8-12-19(16(3)4)22(18)28-29-24(17-9-6-5-7-10-17)23(27)20-13-14-21(26)25(20)29/h5-12,15-16,20H,13-14H2,1-4H3/t20-,29?/m0/s1. The van der Waals surface area contributed by atoms with E-state index in [4.69, 9.17) is 4.52 Å². The zero-order valence-electron chi connectivity index (χ0n) is 17.3. The van der Waals surface area contributed by atoms with Crippen LogP contribution in [0.25, 0.3) is 0 Å². The zero-order chi connectivity index (χ0) is 20.7. The van der Waals surface area contributed by atoms with Crippen LogP contribution in [0.15, 0.2) is 48.5 Å². The molecule has 0 bridgehead atoms. The first-order chi connectivity index (χ1) is 13.9. The molecule has 2 aromatic carbocycles. The van der Waals surface area contributed by atoms with Crippen molar-refractivity contribution in [2.24, 2.45) is 0 Å². The lowest BCUT2D eigenvalue weighted by Gasteiger charge is -2.30. The predicted octanol–water partition coefficient (Wildman–Crippen LogP) is 5.58. The van der Waals surface area contributed by atoms with Gasteiger partial charge in [0.05, 0.1) is 5.69 Å². The highest BCUT2D eigenvalue weighted by Crippen LogP contribution is 2.59. The Morgan fingerprint density at radius 2 is 1.55 bits per heavy atom. The molecule has 0 radical (unpaired) electrons. The summed E-state index contributed by atoms with van der Waals surface area (Å²) in [6, 6.07) is 15.3. The second kappa shape index (κ2) is 7.79. The van der Waals surface area contributed by atoms with Crippen molar-refractivity contribution in [1.82, 2.24) is 4.67 Å². The Labute approximate surface area is 173 Å². The van der Waals surface area contributed by atoms with Crippen molar-refractivity contribution in [3.05, 3.63) is 59.7 Å². The van der Waals surface area contributed by atoms with E-state index in [0.29, 0.717) is 12.8 Å². The zero-order valence-corrected chi connectivity index (χ0v) is 18.2. The maximum Gasteiger partial charge on any atom is 0.320 e. The molecule has 4 rings (SSSR count). The summed E-state index contributed by atoms with van der Waals surface area (Å²) in [5.41, 5.74) is 2.99. The number of carbonyl (C=O) groups is 2. The number of hydrogen-bond acceptors (Lipinski definition) is 3. The van der Waals surface area contributed by atoms with Crippen molar-refractivity contribution in [3.8, 4) is 5.75 Å². The summed E-state index contributed by atoms with van der Waals surface area (Å²) in [4.78, 5) is 25.9. The average Bonchev–Trinajstić information content (AvgIpc) is 3.21. The summed E-state index contributed by atoms with van der Waals surface area (Å²) < 4.78 is 10.1. The molecule has 6 heteroatoms. The quantitative estimate of drug-likeness (QED) is 0.605. The fraction of sp³-hybridized carbons (Fsp3) is 0.391. The van der Waals surface area contributed by atoms with Gasteiger partial charge in [0, 0.05) is 6.42 Å². The molecule has 2 fully saturated rings. The van der Waals surface area contributed by atoms with Gasteiger partial charge in [0.1, 0.15) is 11.8 Å². The Hall–Kier alpha value is -2.39. The fourth-order valence-corrected chi connectivity index (χ4v) is 6.10. The molecule has 29 heavy (non-hydrogen) atoms. The van der Waals surface area contributed by atoms with Crippen LogP contribution in [0.2, 0.25) is 0 Å². The lowest BCUT2D eigenvalue weighted by molar-refractivity contribution is -0.127. The normalized spacial score (nSPS) is 21.4. The van der Waals surface area contributed by atoms with Crippen molar-refractivity contribution >= 4 is 26.0 Å². The van der Waals surface area contributed by atoms with Crippen LogP contribution in [0, 0.1) is 0 Å². The smallest absolute Gasteiger partial charge is 0.320 e.